The van der Waals surface area contributed by atoms with E-state index in [1.807, 2.05) is 26.0 Å². The van der Waals surface area contributed by atoms with Gasteiger partial charge in [0.15, 0.2) is 11.5 Å². The first-order chi connectivity index (χ1) is 22.1. The minimum absolute atomic E-state index is 0.0859. The second-order valence-electron chi connectivity index (χ2n) is 18.6. The molecule has 3 nitrogen and oxygen atoms in total. The molecule has 0 heterocycles. The molecule has 5 aliphatic carbocycles. The van der Waals surface area contributed by atoms with Crippen molar-refractivity contribution in [3.63, 3.8) is 0 Å². The highest BCUT2D eigenvalue weighted by molar-refractivity contribution is 14.1. The lowest BCUT2D eigenvalue weighted by Gasteiger charge is -2.71. The van der Waals surface area contributed by atoms with E-state index in [9.17, 15) is 14.7 Å². The minimum Gasteiger partial charge on any atom is -0.505 e. The van der Waals surface area contributed by atoms with E-state index in [1.165, 1.54) is 69.8 Å². The fourth-order valence-corrected chi connectivity index (χ4v) is 15.3. The number of carbonyl (C=O) groups excluding carboxylic acids is 2. The van der Waals surface area contributed by atoms with E-state index in [0.29, 0.717) is 0 Å². The maximum atomic E-state index is 14.6. The van der Waals surface area contributed by atoms with E-state index in [2.05, 4.69) is 114 Å². The molecule has 5 rings (SSSR count). The number of halogens is 2. The summed E-state index contributed by atoms with van der Waals surface area (Å²) in [7, 11) is 0. The predicted octanol–water partition coefficient (Wildman–Crippen LogP) is 13.8. The lowest BCUT2D eigenvalue weighted by molar-refractivity contribution is -0.138. The summed E-state index contributed by atoms with van der Waals surface area (Å²) in [6.07, 6.45) is 22.5. The van der Waals surface area contributed by atoms with Crippen LogP contribution in [0.4, 0.5) is 0 Å². The predicted molar refractivity (Wildman–Crippen MR) is 222 cm³/mol. The molecule has 5 heteroatoms. The summed E-state index contributed by atoms with van der Waals surface area (Å²) in [6.45, 7) is 26.9. The monoisotopic (exact) mass is 890 g/mol. The summed E-state index contributed by atoms with van der Waals surface area (Å²) in [4.78, 5) is 27.5. The lowest BCUT2D eigenvalue weighted by Crippen LogP contribution is -2.73. The molecule has 7 unspecified atom stereocenters. The first-order valence-electron chi connectivity index (χ1n) is 19.8. The van der Waals surface area contributed by atoms with Crippen LogP contribution in [0.5, 0.6) is 0 Å². The lowest BCUT2D eigenvalue weighted by atomic mass is 9.38. The first-order valence-corrected chi connectivity index (χ1v) is 21.9. The van der Waals surface area contributed by atoms with Gasteiger partial charge in [-0.05, 0) is 97.5 Å². The summed E-state index contributed by atoms with van der Waals surface area (Å²) >= 11 is 5.42. The quantitative estimate of drug-likeness (QED) is 0.157. The molecule has 48 heavy (non-hydrogen) atoms. The molecule has 0 spiro atoms. The fraction of sp³-hybridized carbons (Fsp3) is 0.860. The number of Topliss-reactive ketones (excluding diaryl/α,β-unsaturated/α-hetero) is 1. The molecule has 3 fully saturated rings. The van der Waals surface area contributed by atoms with E-state index in [4.69, 9.17) is 0 Å². The Kier molecular flexibility index (Phi) is 13.8. The molecule has 0 radical (unpaired) electrons. The van der Waals surface area contributed by atoms with Crippen LogP contribution in [-0.2, 0) is 9.59 Å². The molecule has 3 saturated carbocycles. The van der Waals surface area contributed by atoms with Crippen molar-refractivity contribution in [2.24, 2.45) is 44.8 Å². The molecule has 1 N–H and O–H groups in total. The number of rotatable bonds is 7. The van der Waals surface area contributed by atoms with Crippen molar-refractivity contribution in [1.29, 1.82) is 0 Å². The Hall–Kier alpha value is 0.0800. The van der Waals surface area contributed by atoms with E-state index in [1.54, 1.807) is 0 Å². The van der Waals surface area contributed by atoms with Gasteiger partial charge in [0.25, 0.3) is 0 Å². The highest BCUT2D eigenvalue weighted by atomic mass is 127. The van der Waals surface area contributed by atoms with Crippen LogP contribution in [0.2, 0.25) is 0 Å². The number of aliphatic hydroxyl groups excluding tert-OH is 1. The summed E-state index contributed by atoms with van der Waals surface area (Å²) in [5.74, 6) is 1.25. The van der Waals surface area contributed by atoms with Crippen molar-refractivity contribution in [2.75, 3.05) is 0 Å². The average Bonchev–Trinajstić information content (AvgIpc) is 3.00. The Morgan fingerprint density at radius 3 is 1.85 bits per heavy atom. The smallest absolute Gasteiger partial charge is 0.202 e. The summed E-state index contributed by atoms with van der Waals surface area (Å²) < 4.78 is -0.526. The molecular formula is C43H72I2O3. The third-order valence-corrected chi connectivity index (χ3v) is 19.8. The molecule has 0 bridgehead atoms. The molecule has 0 saturated heterocycles. The Balaban J connectivity index is 0.000000409. The topological polar surface area (TPSA) is 54.4 Å². The zero-order valence-corrected chi connectivity index (χ0v) is 37.3. The molecule has 0 aromatic heterocycles. The second-order valence-corrected chi connectivity index (χ2v) is 22.1. The fourth-order valence-electron chi connectivity index (χ4n) is 10.8. The number of aliphatic hydroxyl groups is 1. The number of carbonyl (C=O) groups is 2. The third-order valence-electron chi connectivity index (χ3n) is 14.2. The van der Waals surface area contributed by atoms with Crippen LogP contribution in [0, 0.1) is 44.8 Å². The average molecular weight is 891 g/mol. The van der Waals surface area contributed by atoms with Gasteiger partial charge in [-0.3, -0.25) is 9.59 Å². The highest BCUT2D eigenvalue weighted by Gasteiger charge is 2.75. The minimum atomic E-state index is -0.639. The number of hydrogen-bond acceptors (Lipinski definition) is 3. The number of allylic oxidation sites excluding steroid dienone is 4. The van der Waals surface area contributed by atoms with Gasteiger partial charge in [-0.2, -0.15) is 0 Å². The third kappa shape index (κ3) is 7.20. The van der Waals surface area contributed by atoms with E-state index in [-0.39, 0.29) is 48.8 Å². The highest BCUT2D eigenvalue weighted by Crippen LogP contribution is 2.76. The first kappa shape index (κ1) is 42.5. The van der Waals surface area contributed by atoms with Gasteiger partial charge in [0.05, 0.1) is 3.42 Å². The molecule has 0 aliphatic heterocycles. The van der Waals surface area contributed by atoms with Crippen LogP contribution in [0.15, 0.2) is 23.5 Å². The number of ketones is 2. The second kappa shape index (κ2) is 15.6. The Labute approximate surface area is 323 Å². The maximum Gasteiger partial charge on any atom is 0.202 e. The molecule has 276 valence electrons. The van der Waals surface area contributed by atoms with E-state index >= 15 is 0 Å². The number of fused-ring (bicyclic) bond motifs is 7. The zero-order chi connectivity index (χ0) is 36.6. The Morgan fingerprint density at radius 1 is 0.812 bits per heavy atom. The summed E-state index contributed by atoms with van der Waals surface area (Å²) in [5, 5.41) is 10.8. The van der Waals surface area contributed by atoms with Gasteiger partial charge < -0.3 is 5.11 Å². The van der Waals surface area contributed by atoms with Crippen molar-refractivity contribution in [2.45, 2.75) is 186 Å². The molecule has 0 aromatic rings. The maximum absolute atomic E-state index is 14.6. The number of hydrogen-bond donors (Lipinski definition) is 1. The van der Waals surface area contributed by atoms with Crippen molar-refractivity contribution in [1.82, 2.24) is 0 Å². The molecule has 0 amide bonds. The van der Waals surface area contributed by atoms with Crippen LogP contribution < -0.4 is 0 Å². The Morgan fingerprint density at radius 2 is 1.35 bits per heavy atom. The van der Waals surface area contributed by atoms with Gasteiger partial charge in [-0.1, -0.05) is 179 Å². The summed E-state index contributed by atoms with van der Waals surface area (Å²) in [6, 6.07) is 0. The van der Waals surface area contributed by atoms with Crippen LogP contribution in [0.25, 0.3) is 0 Å². The van der Waals surface area contributed by atoms with Gasteiger partial charge >= 0.3 is 0 Å². The van der Waals surface area contributed by atoms with Crippen molar-refractivity contribution >= 4 is 56.7 Å². The van der Waals surface area contributed by atoms with Crippen molar-refractivity contribution in [3.05, 3.63) is 23.5 Å². The standard InChI is InChI=1S/C30H42I2O3.C8H18.C5H12/c1-8-28-12-10-20-26(6)11-9-19-25(4,5)23(35)18(33)16-27(19,7)21(26)15-22(34)30(20,32)29(28,31)17-24(2,3)13-14-28;1-3-5-7-8-6-4-2;1-4-5(2)3/h15-16,19-20,33H,8-14,17H2,1-7H3;3-8H2,1-2H3;5H,4H2,1-3H3. The van der Waals surface area contributed by atoms with Gasteiger partial charge in [-0.25, -0.2) is 0 Å². The molecular weight excluding hydrogens is 818 g/mol. The van der Waals surface area contributed by atoms with Gasteiger partial charge in [0, 0.05) is 10.8 Å². The van der Waals surface area contributed by atoms with Crippen molar-refractivity contribution in [3.8, 4) is 0 Å². The van der Waals surface area contributed by atoms with E-state index in [0.717, 1.165) is 38.0 Å². The van der Waals surface area contributed by atoms with E-state index < -0.39 is 14.3 Å². The van der Waals surface area contributed by atoms with Crippen molar-refractivity contribution < 1.29 is 14.7 Å². The molecule has 0 aromatic carbocycles. The molecule has 5 aliphatic rings. The van der Waals surface area contributed by atoms with Gasteiger partial charge in [0.2, 0.25) is 5.78 Å². The largest absolute Gasteiger partial charge is 0.505 e. The SMILES string of the molecule is CCC(C)C.CCC12CCC3C4(C)CCC5C(C)(C)C(=O)C(O)=CC5(C)C4=CC(=O)C3(I)C1(I)CC(C)(C)CC2.CCCCCCCC. The van der Waals surface area contributed by atoms with Crippen LogP contribution in [-0.4, -0.2) is 23.5 Å². The molecule has 7 atom stereocenters. The normalized spacial score (nSPS) is 39.2. The van der Waals surface area contributed by atoms with Crippen LogP contribution in [0.1, 0.15) is 179 Å². The van der Waals surface area contributed by atoms with Gasteiger partial charge in [0.1, 0.15) is 3.42 Å². The number of unbranched alkanes of at least 4 members (excludes halogenated alkanes) is 5. The zero-order valence-electron chi connectivity index (χ0n) is 33.0. The van der Waals surface area contributed by atoms with Crippen LogP contribution >= 0.6 is 45.2 Å². The van der Waals surface area contributed by atoms with Crippen LogP contribution in [0.3, 0.4) is 0 Å². The summed E-state index contributed by atoms with van der Waals surface area (Å²) in [5.41, 5.74) is 0.376. The van der Waals surface area contributed by atoms with Gasteiger partial charge in [-0.15, -0.1) is 0 Å². The number of alkyl halides is 2. The Bertz CT molecular complexity index is 1220.